The Morgan fingerprint density at radius 1 is 1.25 bits per heavy atom. The van der Waals surface area contributed by atoms with Gasteiger partial charge in [0.25, 0.3) is 0 Å². The van der Waals surface area contributed by atoms with Crippen molar-refractivity contribution in [2.24, 2.45) is 11.1 Å². The first kappa shape index (κ1) is 19.0. The van der Waals surface area contributed by atoms with Gasteiger partial charge in [-0.1, -0.05) is 6.42 Å². The van der Waals surface area contributed by atoms with E-state index in [9.17, 15) is 9.59 Å². The number of nitrogens with one attached hydrogen (secondary N) is 2. The highest BCUT2D eigenvalue weighted by molar-refractivity contribution is 5.82. The van der Waals surface area contributed by atoms with Gasteiger partial charge in [0.2, 0.25) is 5.91 Å². The van der Waals surface area contributed by atoms with E-state index in [1.165, 1.54) is 19.3 Å². The van der Waals surface area contributed by atoms with E-state index in [-0.39, 0.29) is 18.5 Å². The topological polar surface area (TPSA) is 96.7 Å². The van der Waals surface area contributed by atoms with Crippen LogP contribution in [-0.2, 0) is 9.53 Å². The summed E-state index contributed by atoms with van der Waals surface area (Å²) >= 11 is 0. The molecule has 138 valence electrons. The lowest BCUT2D eigenvalue weighted by atomic mass is 9.79. The highest BCUT2D eigenvalue weighted by atomic mass is 16.5. The number of primary amides is 1. The van der Waals surface area contributed by atoms with Crippen molar-refractivity contribution in [3.05, 3.63) is 0 Å². The Balaban J connectivity index is 1.63. The van der Waals surface area contributed by atoms with Crippen LogP contribution < -0.4 is 16.4 Å². The van der Waals surface area contributed by atoms with Crippen LogP contribution in [0.4, 0.5) is 4.79 Å². The Bertz CT molecular complexity index is 424. The van der Waals surface area contributed by atoms with E-state index in [4.69, 9.17) is 10.5 Å². The zero-order chi connectivity index (χ0) is 17.4. The molecule has 2 fully saturated rings. The molecule has 2 rings (SSSR count). The zero-order valence-electron chi connectivity index (χ0n) is 14.8. The van der Waals surface area contributed by atoms with E-state index in [0.717, 1.165) is 19.5 Å². The summed E-state index contributed by atoms with van der Waals surface area (Å²) in [5, 5.41) is 5.67. The molecule has 24 heavy (non-hydrogen) atoms. The lowest BCUT2D eigenvalue weighted by molar-refractivity contribution is -0.132. The second kappa shape index (κ2) is 9.22. The first-order valence-corrected chi connectivity index (χ1v) is 9.17. The van der Waals surface area contributed by atoms with Crippen LogP contribution in [0, 0.1) is 5.41 Å². The Hall–Kier alpha value is -1.34. The monoisotopic (exact) mass is 340 g/mol. The third-order valence-electron chi connectivity index (χ3n) is 5.41. The van der Waals surface area contributed by atoms with Crippen molar-refractivity contribution >= 4 is 11.9 Å². The molecule has 0 aliphatic carbocycles. The lowest BCUT2D eigenvalue weighted by Gasteiger charge is -2.34. The van der Waals surface area contributed by atoms with Crippen molar-refractivity contribution in [1.82, 2.24) is 15.5 Å². The van der Waals surface area contributed by atoms with Gasteiger partial charge in [0, 0.05) is 38.9 Å². The van der Waals surface area contributed by atoms with Crippen molar-refractivity contribution in [2.75, 3.05) is 39.4 Å². The number of urea groups is 1. The van der Waals surface area contributed by atoms with Gasteiger partial charge in [0.1, 0.15) is 0 Å². The predicted octanol–water partition coefficient (Wildman–Crippen LogP) is 0.832. The van der Waals surface area contributed by atoms with E-state index in [1.54, 1.807) is 0 Å². The van der Waals surface area contributed by atoms with Crippen LogP contribution in [0.3, 0.4) is 0 Å². The van der Waals surface area contributed by atoms with Gasteiger partial charge in [-0.25, -0.2) is 4.79 Å². The number of likely N-dealkylation sites (tertiary alicyclic amines) is 1. The number of carbonyl (C=O) groups is 2. The summed E-state index contributed by atoms with van der Waals surface area (Å²) in [6.45, 7) is 6.40. The molecule has 1 atom stereocenters. The predicted molar refractivity (Wildman–Crippen MR) is 92.6 cm³/mol. The van der Waals surface area contributed by atoms with Crippen molar-refractivity contribution < 1.29 is 14.3 Å². The minimum Gasteiger partial charge on any atom is -0.381 e. The Morgan fingerprint density at radius 3 is 2.67 bits per heavy atom. The fourth-order valence-corrected chi connectivity index (χ4v) is 3.56. The molecule has 0 aromatic heterocycles. The highest BCUT2D eigenvalue weighted by Crippen LogP contribution is 2.29. The van der Waals surface area contributed by atoms with Gasteiger partial charge < -0.3 is 26.0 Å². The number of nitrogens with two attached hydrogens (primary N) is 1. The molecule has 1 unspecified atom stereocenters. The Labute approximate surface area is 144 Å². The van der Waals surface area contributed by atoms with Gasteiger partial charge >= 0.3 is 6.03 Å². The highest BCUT2D eigenvalue weighted by Gasteiger charge is 2.38. The maximum absolute atomic E-state index is 11.9. The third-order valence-corrected chi connectivity index (χ3v) is 5.41. The fraction of sp³-hybridized carbons (Fsp3) is 0.882. The number of amides is 3. The minimum absolute atomic E-state index is 0.228. The van der Waals surface area contributed by atoms with E-state index < -0.39 is 5.41 Å². The fourth-order valence-electron chi connectivity index (χ4n) is 3.56. The second-order valence-electron chi connectivity index (χ2n) is 7.10. The molecule has 0 bridgehead atoms. The molecule has 0 saturated carbocycles. The molecule has 2 aliphatic heterocycles. The van der Waals surface area contributed by atoms with Crippen LogP contribution in [0.15, 0.2) is 0 Å². The maximum Gasteiger partial charge on any atom is 0.314 e. The average Bonchev–Trinajstić information content (AvgIpc) is 2.59. The third kappa shape index (κ3) is 5.34. The van der Waals surface area contributed by atoms with Gasteiger partial charge in [0.15, 0.2) is 0 Å². The second-order valence-corrected chi connectivity index (χ2v) is 7.10. The smallest absolute Gasteiger partial charge is 0.314 e. The number of hydrogen-bond donors (Lipinski definition) is 3. The molecule has 4 N–H and O–H groups in total. The van der Waals surface area contributed by atoms with Crippen LogP contribution >= 0.6 is 0 Å². The SMILES string of the molecule is CC1CCCCN1CCCNC(=O)NCC1(C(N)=O)CCOCC1. The minimum atomic E-state index is -0.668. The number of rotatable bonds is 7. The quantitative estimate of drug-likeness (QED) is 0.598. The summed E-state index contributed by atoms with van der Waals surface area (Å²) in [4.78, 5) is 26.2. The average molecular weight is 340 g/mol. The molecular formula is C17H32N4O3. The van der Waals surface area contributed by atoms with E-state index in [1.807, 2.05) is 0 Å². The maximum atomic E-state index is 11.9. The molecular weight excluding hydrogens is 308 g/mol. The number of hydrogen-bond acceptors (Lipinski definition) is 4. The first-order valence-electron chi connectivity index (χ1n) is 9.17. The standard InChI is InChI=1S/C17H32N4O3/c1-14-5-2-3-9-21(14)10-4-8-19-16(23)20-13-17(15(18)22)6-11-24-12-7-17/h14H,2-13H2,1H3,(H2,18,22)(H2,19,20,23). The van der Waals surface area contributed by atoms with E-state index in [0.29, 0.717) is 38.6 Å². The number of carbonyl (C=O) groups excluding carboxylic acids is 2. The number of nitrogens with zero attached hydrogens (tertiary/aromatic N) is 1. The van der Waals surface area contributed by atoms with Gasteiger partial charge in [-0.3, -0.25) is 4.79 Å². The summed E-state index contributed by atoms with van der Waals surface area (Å²) < 4.78 is 5.29. The first-order chi connectivity index (χ1) is 11.5. The molecule has 2 saturated heterocycles. The summed E-state index contributed by atoms with van der Waals surface area (Å²) in [6.07, 6.45) is 5.94. The van der Waals surface area contributed by atoms with E-state index in [2.05, 4.69) is 22.5 Å². The molecule has 2 aliphatic rings. The normalized spacial score (nSPS) is 24.3. The molecule has 2 heterocycles. The zero-order valence-corrected chi connectivity index (χ0v) is 14.8. The molecule has 7 heteroatoms. The molecule has 7 nitrogen and oxygen atoms in total. The van der Waals surface area contributed by atoms with Gasteiger partial charge in [-0.05, 0) is 45.6 Å². The Morgan fingerprint density at radius 2 is 2.00 bits per heavy atom. The van der Waals surface area contributed by atoms with E-state index >= 15 is 0 Å². The van der Waals surface area contributed by atoms with Crippen LogP contribution in [0.1, 0.15) is 45.4 Å². The van der Waals surface area contributed by atoms with Gasteiger partial charge in [0.05, 0.1) is 5.41 Å². The van der Waals surface area contributed by atoms with Crippen LogP contribution in [0.2, 0.25) is 0 Å². The van der Waals surface area contributed by atoms with Crippen LogP contribution in [0.5, 0.6) is 0 Å². The number of piperidine rings is 1. The van der Waals surface area contributed by atoms with Gasteiger partial charge in [-0.2, -0.15) is 0 Å². The van der Waals surface area contributed by atoms with Crippen molar-refractivity contribution in [3.63, 3.8) is 0 Å². The summed E-state index contributed by atoms with van der Waals surface area (Å²) in [5.41, 5.74) is 4.87. The van der Waals surface area contributed by atoms with Crippen LogP contribution in [0.25, 0.3) is 0 Å². The van der Waals surface area contributed by atoms with Crippen molar-refractivity contribution in [3.8, 4) is 0 Å². The van der Waals surface area contributed by atoms with Gasteiger partial charge in [-0.15, -0.1) is 0 Å². The molecule has 0 aromatic rings. The lowest BCUT2D eigenvalue weighted by Crippen LogP contribution is -2.51. The van der Waals surface area contributed by atoms with Crippen molar-refractivity contribution in [2.45, 2.75) is 51.5 Å². The van der Waals surface area contributed by atoms with Crippen LogP contribution in [-0.4, -0.2) is 62.3 Å². The van der Waals surface area contributed by atoms with Crippen molar-refractivity contribution in [1.29, 1.82) is 0 Å². The Kier molecular flexibility index (Phi) is 7.30. The number of ether oxygens (including phenoxy) is 1. The summed E-state index contributed by atoms with van der Waals surface area (Å²) in [7, 11) is 0. The summed E-state index contributed by atoms with van der Waals surface area (Å²) in [6, 6.07) is 0.422. The molecule has 0 spiro atoms. The summed E-state index contributed by atoms with van der Waals surface area (Å²) in [5.74, 6) is -0.356. The largest absolute Gasteiger partial charge is 0.381 e. The molecule has 0 aromatic carbocycles. The molecule has 0 radical (unpaired) electrons. The molecule has 3 amide bonds.